The van der Waals surface area contributed by atoms with Gasteiger partial charge in [0.15, 0.2) is 11.6 Å². The lowest BCUT2D eigenvalue weighted by Crippen LogP contribution is -2.31. The van der Waals surface area contributed by atoms with Crippen molar-refractivity contribution in [2.75, 3.05) is 13.1 Å². The Morgan fingerprint density at radius 1 is 1.20 bits per heavy atom. The molecule has 0 radical (unpaired) electrons. The summed E-state index contributed by atoms with van der Waals surface area (Å²) in [5.74, 6) is -0.353. The van der Waals surface area contributed by atoms with Gasteiger partial charge in [0, 0.05) is 18.7 Å². The molecule has 1 aliphatic rings. The van der Waals surface area contributed by atoms with Crippen molar-refractivity contribution in [2.45, 2.75) is 45.6 Å². The molecule has 0 saturated carbocycles. The summed E-state index contributed by atoms with van der Waals surface area (Å²) in [5.41, 5.74) is 0.403. The zero-order valence-electron chi connectivity index (χ0n) is 12.2. The fraction of sp³-hybridized carbons (Fsp3) is 0.562. The molecule has 4 heteroatoms. The maximum Gasteiger partial charge on any atom is 0.253 e. The van der Waals surface area contributed by atoms with E-state index in [0.29, 0.717) is 5.56 Å². The highest BCUT2D eigenvalue weighted by Gasteiger charge is 2.18. The Morgan fingerprint density at radius 2 is 1.85 bits per heavy atom. The van der Waals surface area contributed by atoms with Crippen molar-refractivity contribution in [1.29, 1.82) is 0 Å². The van der Waals surface area contributed by atoms with Gasteiger partial charge in [-0.05, 0) is 44.9 Å². The number of amides is 1. The van der Waals surface area contributed by atoms with Crippen LogP contribution in [0.4, 0.5) is 4.39 Å². The first kappa shape index (κ1) is 14.8. The molecule has 1 amide bonds. The van der Waals surface area contributed by atoms with E-state index < -0.39 is 5.82 Å². The third-order valence-corrected chi connectivity index (χ3v) is 3.43. The molecule has 110 valence electrons. The fourth-order valence-corrected chi connectivity index (χ4v) is 2.44. The average Bonchev–Trinajstić information content (AvgIpc) is 2.68. The van der Waals surface area contributed by atoms with Gasteiger partial charge in [-0.3, -0.25) is 4.79 Å². The number of benzene rings is 1. The number of hydrogen-bond acceptors (Lipinski definition) is 2. The van der Waals surface area contributed by atoms with Gasteiger partial charge in [0.25, 0.3) is 5.91 Å². The number of carbonyl (C=O) groups is 1. The molecule has 1 aromatic carbocycles. The van der Waals surface area contributed by atoms with E-state index in [4.69, 9.17) is 4.74 Å². The van der Waals surface area contributed by atoms with E-state index in [1.165, 1.54) is 18.9 Å². The minimum Gasteiger partial charge on any atom is -0.488 e. The molecule has 0 atom stereocenters. The summed E-state index contributed by atoms with van der Waals surface area (Å²) < 4.78 is 19.3. The van der Waals surface area contributed by atoms with Gasteiger partial charge < -0.3 is 9.64 Å². The summed E-state index contributed by atoms with van der Waals surface area (Å²) in [7, 11) is 0. The highest BCUT2D eigenvalue weighted by atomic mass is 19.1. The first-order valence-electron chi connectivity index (χ1n) is 7.33. The third kappa shape index (κ3) is 3.71. The van der Waals surface area contributed by atoms with Gasteiger partial charge >= 0.3 is 0 Å². The Labute approximate surface area is 119 Å². The summed E-state index contributed by atoms with van der Waals surface area (Å²) in [5, 5.41) is 0. The van der Waals surface area contributed by atoms with Crippen LogP contribution in [0.3, 0.4) is 0 Å². The van der Waals surface area contributed by atoms with Crippen molar-refractivity contribution >= 4 is 5.91 Å². The first-order valence-corrected chi connectivity index (χ1v) is 7.33. The van der Waals surface area contributed by atoms with Crippen LogP contribution in [0.1, 0.15) is 49.9 Å². The molecule has 0 bridgehead atoms. The Balaban J connectivity index is 2.11. The van der Waals surface area contributed by atoms with Gasteiger partial charge in [-0.2, -0.15) is 0 Å². The number of halogens is 1. The molecular formula is C16H22FNO2. The molecule has 1 aromatic rings. The second-order valence-electron chi connectivity index (χ2n) is 5.52. The van der Waals surface area contributed by atoms with Crippen LogP contribution in [0.15, 0.2) is 18.2 Å². The highest BCUT2D eigenvalue weighted by Crippen LogP contribution is 2.21. The first-order chi connectivity index (χ1) is 9.58. The van der Waals surface area contributed by atoms with E-state index in [1.807, 2.05) is 18.7 Å². The van der Waals surface area contributed by atoms with Crippen molar-refractivity contribution in [3.05, 3.63) is 29.6 Å². The maximum atomic E-state index is 13.9. The lowest BCUT2D eigenvalue weighted by molar-refractivity contribution is 0.0761. The molecule has 20 heavy (non-hydrogen) atoms. The van der Waals surface area contributed by atoms with E-state index in [2.05, 4.69) is 0 Å². The summed E-state index contributed by atoms with van der Waals surface area (Å²) in [4.78, 5) is 14.2. The molecule has 3 nitrogen and oxygen atoms in total. The third-order valence-electron chi connectivity index (χ3n) is 3.43. The average molecular weight is 279 g/mol. The van der Waals surface area contributed by atoms with Crippen LogP contribution < -0.4 is 4.74 Å². The zero-order chi connectivity index (χ0) is 14.5. The van der Waals surface area contributed by atoms with Gasteiger partial charge in [0.1, 0.15) is 0 Å². The van der Waals surface area contributed by atoms with Crippen molar-refractivity contribution in [3.8, 4) is 5.75 Å². The molecular weight excluding hydrogens is 257 g/mol. The lowest BCUT2D eigenvalue weighted by atomic mass is 10.1. The largest absolute Gasteiger partial charge is 0.488 e. The topological polar surface area (TPSA) is 29.5 Å². The minimum absolute atomic E-state index is 0.0816. The summed E-state index contributed by atoms with van der Waals surface area (Å²) in [6.07, 6.45) is 4.31. The molecule has 1 saturated heterocycles. The van der Waals surface area contributed by atoms with Gasteiger partial charge in [0.2, 0.25) is 0 Å². The summed E-state index contributed by atoms with van der Waals surface area (Å²) in [6, 6.07) is 4.47. The van der Waals surface area contributed by atoms with Crippen molar-refractivity contribution in [3.63, 3.8) is 0 Å². The van der Waals surface area contributed by atoms with Crippen LogP contribution in [0.25, 0.3) is 0 Å². The number of carbonyl (C=O) groups excluding carboxylic acids is 1. The van der Waals surface area contributed by atoms with Crippen molar-refractivity contribution < 1.29 is 13.9 Å². The highest BCUT2D eigenvalue weighted by molar-refractivity contribution is 5.94. The number of ether oxygens (including phenoxy) is 1. The molecule has 0 spiro atoms. The molecule has 2 rings (SSSR count). The monoisotopic (exact) mass is 279 g/mol. The van der Waals surface area contributed by atoms with Crippen LogP contribution in [0.2, 0.25) is 0 Å². The van der Waals surface area contributed by atoms with Crippen LogP contribution >= 0.6 is 0 Å². The standard InChI is InChI=1S/C16H22FNO2/c1-12(2)20-15-8-7-13(11-14(15)17)16(19)18-9-5-3-4-6-10-18/h7-8,11-12H,3-6,9-10H2,1-2H3. The van der Waals surface area contributed by atoms with Gasteiger partial charge in [0.05, 0.1) is 6.10 Å². The van der Waals surface area contributed by atoms with Crippen molar-refractivity contribution in [1.82, 2.24) is 4.90 Å². The molecule has 0 unspecified atom stereocenters. The predicted octanol–water partition coefficient (Wildman–Crippen LogP) is 3.63. The van der Waals surface area contributed by atoms with Gasteiger partial charge in [-0.15, -0.1) is 0 Å². The van der Waals surface area contributed by atoms with Crippen LogP contribution in [-0.2, 0) is 0 Å². The predicted molar refractivity (Wildman–Crippen MR) is 76.5 cm³/mol. The molecule has 0 aromatic heterocycles. The lowest BCUT2D eigenvalue weighted by Gasteiger charge is -2.20. The Hall–Kier alpha value is -1.58. The Kier molecular flexibility index (Phi) is 4.99. The van der Waals surface area contributed by atoms with E-state index in [-0.39, 0.29) is 17.8 Å². The van der Waals surface area contributed by atoms with E-state index in [1.54, 1.807) is 12.1 Å². The molecule has 0 N–H and O–H groups in total. The number of rotatable bonds is 3. The summed E-state index contributed by atoms with van der Waals surface area (Å²) in [6.45, 7) is 5.22. The van der Waals surface area contributed by atoms with Crippen molar-refractivity contribution in [2.24, 2.45) is 0 Å². The number of hydrogen-bond donors (Lipinski definition) is 0. The number of nitrogens with zero attached hydrogens (tertiary/aromatic N) is 1. The van der Waals surface area contributed by atoms with E-state index >= 15 is 0 Å². The molecule has 1 fully saturated rings. The Bertz CT molecular complexity index is 466. The fourth-order valence-electron chi connectivity index (χ4n) is 2.44. The van der Waals surface area contributed by atoms with Gasteiger partial charge in [-0.25, -0.2) is 4.39 Å². The van der Waals surface area contributed by atoms with Crippen LogP contribution in [-0.4, -0.2) is 30.0 Å². The smallest absolute Gasteiger partial charge is 0.253 e. The Morgan fingerprint density at radius 3 is 2.40 bits per heavy atom. The van der Waals surface area contributed by atoms with E-state index in [9.17, 15) is 9.18 Å². The SMILES string of the molecule is CC(C)Oc1ccc(C(=O)N2CCCCCC2)cc1F. The second kappa shape index (κ2) is 6.73. The summed E-state index contributed by atoms with van der Waals surface area (Å²) >= 11 is 0. The second-order valence-corrected chi connectivity index (χ2v) is 5.52. The van der Waals surface area contributed by atoms with Crippen LogP contribution in [0.5, 0.6) is 5.75 Å². The zero-order valence-corrected chi connectivity index (χ0v) is 12.2. The normalized spacial score (nSPS) is 16.1. The quantitative estimate of drug-likeness (QED) is 0.845. The van der Waals surface area contributed by atoms with Crippen LogP contribution in [0, 0.1) is 5.82 Å². The maximum absolute atomic E-state index is 13.9. The molecule has 1 aliphatic heterocycles. The molecule has 1 heterocycles. The minimum atomic E-state index is -0.473. The van der Waals surface area contributed by atoms with Gasteiger partial charge in [-0.1, -0.05) is 12.8 Å². The molecule has 0 aliphatic carbocycles. The van der Waals surface area contributed by atoms with E-state index in [0.717, 1.165) is 25.9 Å². The number of likely N-dealkylation sites (tertiary alicyclic amines) is 1.